The number of hydrogen-bond acceptors (Lipinski definition) is 3. The molecule has 2 aromatic carbocycles. The number of nitrogens with one attached hydrogen (secondary N) is 2. The maximum absolute atomic E-state index is 12.2. The topological polar surface area (TPSA) is 84.2 Å². The predicted molar refractivity (Wildman–Crippen MR) is 97.3 cm³/mol. The Balaban J connectivity index is 2.05. The molecule has 0 aliphatic heterocycles. The number of halogens is 2. The smallest absolute Gasteiger partial charge is 0.255 e. The van der Waals surface area contributed by atoms with Crippen LogP contribution in [0.1, 0.15) is 15.9 Å². The lowest BCUT2D eigenvalue weighted by Gasteiger charge is -2.09. The van der Waals surface area contributed by atoms with Crippen molar-refractivity contribution in [3.63, 3.8) is 0 Å². The second kappa shape index (κ2) is 7.86. The van der Waals surface area contributed by atoms with Crippen molar-refractivity contribution in [2.45, 2.75) is 6.54 Å². The second-order valence-corrected chi connectivity index (χ2v) is 5.74. The van der Waals surface area contributed by atoms with E-state index in [4.69, 9.17) is 28.9 Å². The lowest BCUT2D eigenvalue weighted by atomic mass is 10.1. The van der Waals surface area contributed by atoms with Gasteiger partial charge in [0.1, 0.15) is 0 Å². The SMILES string of the molecule is C=CC(=O)NCc1ccc(C(=O)Nc2cc(Cl)c(N)c(Cl)c2)cc1. The van der Waals surface area contributed by atoms with Gasteiger partial charge in [0.25, 0.3) is 5.91 Å². The van der Waals surface area contributed by atoms with Crippen LogP contribution in [0.25, 0.3) is 0 Å². The van der Waals surface area contributed by atoms with E-state index < -0.39 is 0 Å². The number of carbonyl (C=O) groups excluding carboxylic acids is 2. The summed E-state index contributed by atoms with van der Waals surface area (Å²) in [4.78, 5) is 23.4. The minimum atomic E-state index is -0.311. The van der Waals surface area contributed by atoms with E-state index in [9.17, 15) is 9.59 Å². The van der Waals surface area contributed by atoms with E-state index in [1.165, 1.54) is 18.2 Å². The Morgan fingerprint density at radius 1 is 1.12 bits per heavy atom. The molecule has 0 aromatic heterocycles. The highest BCUT2D eigenvalue weighted by Crippen LogP contribution is 2.31. The van der Waals surface area contributed by atoms with Gasteiger partial charge in [0.15, 0.2) is 0 Å². The summed E-state index contributed by atoms with van der Waals surface area (Å²) in [6, 6.07) is 9.87. The van der Waals surface area contributed by atoms with E-state index >= 15 is 0 Å². The van der Waals surface area contributed by atoms with Gasteiger partial charge >= 0.3 is 0 Å². The van der Waals surface area contributed by atoms with Gasteiger partial charge in [-0.25, -0.2) is 0 Å². The molecule has 0 aliphatic carbocycles. The monoisotopic (exact) mass is 363 g/mol. The number of rotatable bonds is 5. The molecule has 2 aromatic rings. The molecule has 2 amide bonds. The molecule has 0 aliphatic rings. The van der Waals surface area contributed by atoms with Crippen molar-refractivity contribution < 1.29 is 9.59 Å². The minimum Gasteiger partial charge on any atom is -0.396 e. The van der Waals surface area contributed by atoms with E-state index in [1.807, 2.05) is 0 Å². The third-order valence-corrected chi connectivity index (χ3v) is 3.83. The number of anilines is 2. The van der Waals surface area contributed by atoms with Crippen LogP contribution in [0.15, 0.2) is 49.1 Å². The summed E-state index contributed by atoms with van der Waals surface area (Å²) in [7, 11) is 0. The van der Waals surface area contributed by atoms with E-state index in [-0.39, 0.29) is 27.5 Å². The third kappa shape index (κ3) is 4.50. The van der Waals surface area contributed by atoms with Gasteiger partial charge in [-0.1, -0.05) is 41.9 Å². The van der Waals surface area contributed by atoms with E-state index in [1.54, 1.807) is 24.3 Å². The molecule has 2 rings (SSSR count). The Morgan fingerprint density at radius 3 is 2.25 bits per heavy atom. The number of hydrogen-bond donors (Lipinski definition) is 3. The molecule has 5 nitrogen and oxygen atoms in total. The molecular formula is C17H15Cl2N3O2. The van der Waals surface area contributed by atoms with Gasteiger partial charge in [0.05, 0.1) is 15.7 Å². The molecule has 7 heteroatoms. The van der Waals surface area contributed by atoms with Crippen LogP contribution in [0.5, 0.6) is 0 Å². The highest BCUT2D eigenvalue weighted by molar-refractivity contribution is 6.39. The first-order valence-corrected chi connectivity index (χ1v) is 7.71. The van der Waals surface area contributed by atoms with Gasteiger partial charge in [-0.15, -0.1) is 0 Å². The van der Waals surface area contributed by atoms with Gasteiger partial charge in [0, 0.05) is 17.8 Å². The zero-order valence-electron chi connectivity index (χ0n) is 12.6. The molecule has 0 radical (unpaired) electrons. The first-order chi connectivity index (χ1) is 11.4. The highest BCUT2D eigenvalue weighted by Gasteiger charge is 2.10. The van der Waals surface area contributed by atoms with Crippen LogP contribution in [0.4, 0.5) is 11.4 Å². The van der Waals surface area contributed by atoms with Crippen molar-refractivity contribution in [2.75, 3.05) is 11.1 Å². The Labute approximate surface area is 149 Å². The van der Waals surface area contributed by atoms with Crippen molar-refractivity contribution in [1.82, 2.24) is 5.32 Å². The summed E-state index contributed by atoms with van der Waals surface area (Å²) >= 11 is 11.9. The summed E-state index contributed by atoms with van der Waals surface area (Å²) in [5.41, 5.74) is 7.69. The predicted octanol–water partition coefficient (Wildman–Crippen LogP) is 3.63. The Kier molecular flexibility index (Phi) is 5.84. The van der Waals surface area contributed by atoms with Crippen LogP contribution in [-0.2, 0) is 11.3 Å². The first kappa shape index (κ1) is 17.8. The number of amides is 2. The summed E-state index contributed by atoms with van der Waals surface area (Å²) in [5, 5.41) is 5.89. The van der Waals surface area contributed by atoms with E-state index in [2.05, 4.69) is 17.2 Å². The zero-order valence-corrected chi connectivity index (χ0v) is 14.1. The van der Waals surface area contributed by atoms with Crippen molar-refractivity contribution in [3.8, 4) is 0 Å². The number of nitrogens with two attached hydrogens (primary N) is 1. The van der Waals surface area contributed by atoms with Gasteiger partial charge in [-0.3, -0.25) is 9.59 Å². The van der Waals surface area contributed by atoms with Crippen LogP contribution in [0.3, 0.4) is 0 Å². The lowest BCUT2D eigenvalue weighted by molar-refractivity contribution is -0.116. The third-order valence-electron chi connectivity index (χ3n) is 3.21. The average molecular weight is 364 g/mol. The fourth-order valence-electron chi connectivity index (χ4n) is 1.90. The molecule has 0 fully saturated rings. The summed E-state index contributed by atoms with van der Waals surface area (Å²) in [6.07, 6.45) is 1.20. The maximum atomic E-state index is 12.2. The van der Waals surface area contributed by atoms with Gasteiger partial charge in [-0.2, -0.15) is 0 Å². The summed E-state index contributed by atoms with van der Waals surface area (Å²) in [5.74, 6) is -0.567. The molecule has 0 heterocycles. The molecule has 0 spiro atoms. The minimum absolute atomic E-state index is 0.256. The standard InChI is InChI=1S/C17H15Cl2N3O2/c1-2-15(23)21-9-10-3-5-11(6-4-10)17(24)22-12-7-13(18)16(20)14(19)8-12/h2-8H,1,9,20H2,(H,21,23)(H,22,24). The number of nitrogen functional groups attached to an aromatic ring is 1. The normalized spacial score (nSPS) is 10.1. The van der Waals surface area contributed by atoms with Gasteiger partial charge < -0.3 is 16.4 Å². The van der Waals surface area contributed by atoms with Crippen LogP contribution < -0.4 is 16.4 Å². The van der Waals surface area contributed by atoms with Crippen LogP contribution >= 0.6 is 23.2 Å². The van der Waals surface area contributed by atoms with Crippen molar-refractivity contribution in [2.24, 2.45) is 0 Å². The molecular weight excluding hydrogens is 349 g/mol. The number of carbonyl (C=O) groups is 2. The molecule has 0 saturated heterocycles. The molecule has 4 N–H and O–H groups in total. The largest absolute Gasteiger partial charge is 0.396 e. The molecule has 0 bridgehead atoms. The van der Waals surface area contributed by atoms with E-state index in [0.717, 1.165) is 5.56 Å². The fourth-order valence-corrected chi connectivity index (χ4v) is 2.38. The van der Waals surface area contributed by atoms with Crippen molar-refractivity contribution >= 4 is 46.4 Å². The molecule has 24 heavy (non-hydrogen) atoms. The fraction of sp³-hybridized carbons (Fsp3) is 0.0588. The average Bonchev–Trinajstić information content (AvgIpc) is 2.57. The molecule has 0 saturated carbocycles. The Hall–Kier alpha value is -2.50. The molecule has 0 unspecified atom stereocenters. The van der Waals surface area contributed by atoms with Crippen LogP contribution in [-0.4, -0.2) is 11.8 Å². The summed E-state index contributed by atoms with van der Waals surface area (Å²) < 4.78 is 0. The first-order valence-electron chi connectivity index (χ1n) is 6.95. The maximum Gasteiger partial charge on any atom is 0.255 e. The lowest BCUT2D eigenvalue weighted by Crippen LogP contribution is -2.20. The van der Waals surface area contributed by atoms with Gasteiger partial charge in [-0.05, 0) is 35.9 Å². The number of benzene rings is 2. The van der Waals surface area contributed by atoms with Crippen LogP contribution in [0, 0.1) is 0 Å². The van der Waals surface area contributed by atoms with Crippen molar-refractivity contribution in [1.29, 1.82) is 0 Å². The Morgan fingerprint density at radius 2 is 1.71 bits per heavy atom. The Bertz CT molecular complexity index is 766. The highest BCUT2D eigenvalue weighted by atomic mass is 35.5. The van der Waals surface area contributed by atoms with Gasteiger partial charge in [0.2, 0.25) is 5.91 Å². The van der Waals surface area contributed by atoms with E-state index in [0.29, 0.717) is 17.8 Å². The quantitative estimate of drug-likeness (QED) is 0.560. The second-order valence-electron chi connectivity index (χ2n) is 4.93. The summed E-state index contributed by atoms with van der Waals surface area (Å²) in [6.45, 7) is 3.73. The van der Waals surface area contributed by atoms with Crippen molar-refractivity contribution in [3.05, 3.63) is 70.2 Å². The van der Waals surface area contributed by atoms with Crippen LogP contribution in [0.2, 0.25) is 10.0 Å². The molecule has 124 valence electrons. The zero-order chi connectivity index (χ0) is 17.7. The molecule has 0 atom stereocenters.